The predicted octanol–water partition coefficient (Wildman–Crippen LogP) is 0.960. The topological polar surface area (TPSA) is 116 Å². The van der Waals surface area contributed by atoms with Gasteiger partial charge in [0.1, 0.15) is 0 Å². The zero-order valence-corrected chi connectivity index (χ0v) is 11.2. The van der Waals surface area contributed by atoms with Crippen LogP contribution in [0.3, 0.4) is 0 Å². The molecule has 0 bridgehead atoms. The lowest BCUT2D eigenvalue weighted by molar-refractivity contribution is 0.277. The van der Waals surface area contributed by atoms with Gasteiger partial charge in [0.2, 0.25) is 5.82 Å². The van der Waals surface area contributed by atoms with Crippen LogP contribution in [0.2, 0.25) is 0 Å². The first kappa shape index (κ1) is 13.3. The SMILES string of the molecule is Nc1c(-c2nc(-c3ccccc3)no2)nnn1CCCO. The molecule has 8 heteroatoms. The van der Waals surface area contributed by atoms with Crippen LogP contribution in [0.15, 0.2) is 34.9 Å². The minimum absolute atomic E-state index is 0.0628. The molecule has 0 saturated heterocycles. The molecule has 3 rings (SSSR count). The van der Waals surface area contributed by atoms with E-state index in [0.29, 0.717) is 30.3 Å². The first-order valence-corrected chi connectivity index (χ1v) is 6.49. The van der Waals surface area contributed by atoms with Crippen LogP contribution in [0.5, 0.6) is 0 Å². The van der Waals surface area contributed by atoms with Gasteiger partial charge in [0.05, 0.1) is 0 Å². The van der Waals surface area contributed by atoms with Crippen molar-refractivity contribution in [3.63, 3.8) is 0 Å². The normalized spacial score (nSPS) is 10.9. The summed E-state index contributed by atoms with van der Waals surface area (Å²) in [7, 11) is 0. The molecular weight excluding hydrogens is 272 g/mol. The summed E-state index contributed by atoms with van der Waals surface area (Å²) in [5.41, 5.74) is 7.15. The number of aromatic nitrogens is 5. The monoisotopic (exact) mass is 286 g/mol. The van der Waals surface area contributed by atoms with E-state index in [1.807, 2.05) is 30.3 Å². The fourth-order valence-electron chi connectivity index (χ4n) is 1.88. The van der Waals surface area contributed by atoms with Gasteiger partial charge in [-0.05, 0) is 6.42 Å². The maximum absolute atomic E-state index is 8.83. The van der Waals surface area contributed by atoms with Crippen molar-refractivity contribution in [2.45, 2.75) is 13.0 Å². The predicted molar refractivity (Wildman–Crippen MR) is 74.9 cm³/mol. The number of hydrogen-bond donors (Lipinski definition) is 2. The smallest absolute Gasteiger partial charge is 0.282 e. The number of benzene rings is 1. The Labute approximate surface area is 120 Å². The number of nitrogens with zero attached hydrogens (tertiary/aromatic N) is 5. The van der Waals surface area contributed by atoms with Crippen LogP contribution < -0.4 is 5.73 Å². The fraction of sp³-hybridized carbons (Fsp3) is 0.231. The highest BCUT2D eigenvalue weighted by Crippen LogP contribution is 2.24. The lowest BCUT2D eigenvalue weighted by Crippen LogP contribution is -2.06. The second-order valence-electron chi connectivity index (χ2n) is 4.41. The molecule has 8 nitrogen and oxygen atoms in total. The van der Waals surface area contributed by atoms with E-state index >= 15 is 0 Å². The molecule has 0 aliphatic carbocycles. The summed E-state index contributed by atoms with van der Waals surface area (Å²) in [5, 5.41) is 20.6. The first-order valence-electron chi connectivity index (χ1n) is 6.49. The molecule has 0 spiro atoms. The minimum Gasteiger partial charge on any atom is -0.396 e. The number of anilines is 1. The van der Waals surface area contributed by atoms with E-state index in [4.69, 9.17) is 15.4 Å². The van der Waals surface area contributed by atoms with E-state index in [-0.39, 0.29) is 12.5 Å². The standard InChI is InChI=1S/C13H14N6O2/c14-11-10(16-18-19(11)7-4-8-20)13-15-12(17-21-13)9-5-2-1-3-6-9/h1-3,5-6,20H,4,7-8,14H2. The maximum atomic E-state index is 8.83. The van der Waals surface area contributed by atoms with E-state index < -0.39 is 0 Å². The van der Waals surface area contributed by atoms with Crippen molar-refractivity contribution in [3.05, 3.63) is 30.3 Å². The molecule has 0 fully saturated rings. The average molecular weight is 286 g/mol. The Kier molecular flexibility index (Phi) is 3.61. The van der Waals surface area contributed by atoms with Gasteiger partial charge in [-0.15, -0.1) is 5.10 Å². The molecule has 0 aliphatic rings. The Morgan fingerprint density at radius 2 is 2.05 bits per heavy atom. The third-order valence-corrected chi connectivity index (χ3v) is 2.96. The highest BCUT2D eigenvalue weighted by Gasteiger charge is 2.18. The Morgan fingerprint density at radius 3 is 2.81 bits per heavy atom. The van der Waals surface area contributed by atoms with Gasteiger partial charge in [-0.3, -0.25) is 0 Å². The van der Waals surface area contributed by atoms with E-state index in [9.17, 15) is 0 Å². The van der Waals surface area contributed by atoms with Crippen molar-refractivity contribution in [1.82, 2.24) is 25.1 Å². The molecule has 0 unspecified atom stereocenters. The van der Waals surface area contributed by atoms with Crippen LogP contribution >= 0.6 is 0 Å². The third kappa shape index (κ3) is 2.61. The Hall–Kier alpha value is -2.74. The number of aryl methyl sites for hydroxylation is 1. The number of nitrogen functional groups attached to an aromatic ring is 1. The van der Waals surface area contributed by atoms with Gasteiger partial charge in [0, 0.05) is 18.7 Å². The van der Waals surface area contributed by atoms with Gasteiger partial charge in [-0.1, -0.05) is 40.7 Å². The van der Waals surface area contributed by atoms with Gasteiger partial charge < -0.3 is 15.4 Å². The Bertz CT molecular complexity index is 721. The number of hydrogen-bond acceptors (Lipinski definition) is 7. The molecule has 0 saturated carbocycles. The molecule has 3 N–H and O–H groups in total. The molecule has 21 heavy (non-hydrogen) atoms. The summed E-state index contributed by atoms with van der Waals surface area (Å²) in [4.78, 5) is 4.28. The Balaban J connectivity index is 1.88. The molecule has 108 valence electrons. The van der Waals surface area contributed by atoms with Crippen LogP contribution in [-0.2, 0) is 6.54 Å². The number of rotatable bonds is 5. The molecule has 0 radical (unpaired) electrons. The third-order valence-electron chi connectivity index (χ3n) is 2.96. The maximum Gasteiger partial charge on any atom is 0.282 e. The fourth-order valence-corrected chi connectivity index (χ4v) is 1.88. The van der Waals surface area contributed by atoms with Gasteiger partial charge >= 0.3 is 0 Å². The van der Waals surface area contributed by atoms with Crippen molar-refractivity contribution in [3.8, 4) is 23.0 Å². The highest BCUT2D eigenvalue weighted by molar-refractivity contribution is 5.64. The van der Waals surface area contributed by atoms with E-state index in [0.717, 1.165) is 5.56 Å². The number of aliphatic hydroxyl groups is 1. The van der Waals surface area contributed by atoms with Crippen LogP contribution in [-0.4, -0.2) is 36.8 Å². The molecule has 2 aromatic heterocycles. The van der Waals surface area contributed by atoms with Crippen LogP contribution in [0.1, 0.15) is 6.42 Å². The minimum atomic E-state index is 0.0628. The lowest BCUT2D eigenvalue weighted by atomic mass is 10.2. The first-order chi connectivity index (χ1) is 10.3. The zero-order chi connectivity index (χ0) is 14.7. The quantitative estimate of drug-likeness (QED) is 0.717. The summed E-state index contributed by atoms with van der Waals surface area (Å²) in [6, 6.07) is 9.47. The average Bonchev–Trinajstić information content (AvgIpc) is 3.13. The van der Waals surface area contributed by atoms with Crippen molar-refractivity contribution in [2.24, 2.45) is 0 Å². The van der Waals surface area contributed by atoms with Crippen molar-refractivity contribution >= 4 is 5.82 Å². The summed E-state index contributed by atoms with van der Waals surface area (Å²) in [5.74, 6) is 1.03. The van der Waals surface area contributed by atoms with Crippen LogP contribution in [0, 0.1) is 0 Å². The molecule has 0 atom stereocenters. The van der Waals surface area contributed by atoms with Gasteiger partial charge in [0.25, 0.3) is 5.89 Å². The van der Waals surface area contributed by atoms with Gasteiger partial charge in [-0.2, -0.15) is 4.98 Å². The molecule has 2 heterocycles. The number of aliphatic hydroxyl groups excluding tert-OH is 1. The summed E-state index contributed by atoms with van der Waals surface area (Å²) in [6.45, 7) is 0.544. The largest absolute Gasteiger partial charge is 0.396 e. The van der Waals surface area contributed by atoms with Crippen LogP contribution in [0.25, 0.3) is 23.0 Å². The number of nitrogens with two attached hydrogens (primary N) is 1. The highest BCUT2D eigenvalue weighted by atomic mass is 16.5. The summed E-state index contributed by atoms with van der Waals surface area (Å²) in [6.07, 6.45) is 0.548. The molecule has 0 aliphatic heterocycles. The van der Waals surface area contributed by atoms with Gasteiger partial charge in [0.15, 0.2) is 11.5 Å². The van der Waals surface area contributed by atoms with Crippen molar-refractivity contribution < 1.29 is 9.63 Å². The van der Waals surface area contributed by atoms with Gasteiger partial charge in [-0.25, -0.2) is 4.68 Å². The Morgan fingerprint density at radius 1 is 1.24 bits per heavy atom. The molecule has 3 aromatic rings. The molecular formula is C13H14N6O2. The molecule has 0 amide bonds. The zero-order valence-electron chi connectivity index (χ0n) is 11.2. The second-order valence-corrected chi connectivity index (χ2v) is 4.41. The second kappa shape index (κ2) is 5.71. The van der Waals surface area contributed by atoms with Crippen LogP contribution in [0.4, 0.5) is 5.82 Å². The lowest BCUT2D eigenvalue weighted by Gasteiger charge is -1.99. The van der Waals surface area contributed by atoms with E-state index in [1.54, 1.807) is 0 Å². The summed E-state index contributed by atoms with van der Waals surface area (Å²) >= 11 is 0. The van der Waals surface area contributed by atoms with Crippen molar-refractivity contribution in [2.75, 3.05) is 12.3 Å². The summed E-state index contributed by atoms with van der Waals surface area (Å²) < 4.78 is 6.70. The van der Waals surface area contributed by atoms with E-state index in [1.165, 1.54) is 4.68 Å². The van der Waals surface area contributed by atoms with Crippen molar-refractivity contribution in [1.29, 1.82) is 0 Å². The molecule has 1 aromatic carbocycles. The van der Waals surface area contributed by atoms with E-state index in [2.05, 4.69) is 20.5 Å².